The van der Waals surface area contributed by atoms with E-state index in [9.17, 15) is 22.8 Å². The van der Waals surface area contributed by atoms with Gasteiger partial charge >= 0.3 is 0 Å². The van der Waals surface area contributed by atoms with Gasteiger partial charge in [-0.25, -0.2) is 8.42 Å². The normalized spacial score (nSPS) is 13.1. The minimum absolute atomic E-state index is 0.0150. The Morgan fingerprint density at radius 2 is 1.61 bits per heavy atom. The van der Waals surface area contributed by atoms with Gasteiger partial charge in [0.1, 0.15) is 5.01 Å². The Bertz CT molecular complexity index is 1610. The van der Waals surface area contributed by atoms with E-state index in [1.54, 1.807) is 24.3 Å². The van der Waals surface area contributed by atoms with E-state index in [0.29, 0.717) is 28.6 Å². The lowest BCUT2D eigenvalue weighted by molar-refractivity contribution is -0.116. The van der Waals surface area contributed by atoms with Gasteiger partial charge in [0.05, 0.1) is 4.90 Å². The zero-order valence-corrected chi connectivity index (χ0v) is 21.9. The van der Waals surface area contributed by atoms with Gasteiger partial charge in [-0.2, -0.15) is 0 Å². The average molecular weight is 550 g/mol. The van der Waals surface area contributed by atoms with Crippen LogP contribution < -0.4 is 10.0 Å². The summed E-state index contributed by atoms with van der Waals surface area (Å²) in [5.41, 5.74) is 1.37. The van der Waals surface area contributed by atoms with Crippen LogP contribution in [0.15, 0.2) is 65.6 Å². The number of sulfonamides is 1. The van der Waals surface area contributed by atoms with Crippen molar-refractivity contribution in [1.29, 1.82) is 0 Å². The number of aromatic nitrogens is 2. The van der Waals surface area contributed by atoms with Gasteiger partial charge in [0, 0.05) is 35.2 Å². The first-order valence-electron chi connectivity index (χ1n) is 11.9. The zero-order valence-electron chi connectivity index (χ0n) is 20.3. The summed E-state index contributed by atoms with van der Waals surface area (Å²) in [5.74, 6) is -1.06. The van der Waals surface area contributed by atoms with E-state index in [2.05, 4.69) is 20.2 Å². The maximum atomic E-state index is 13.0. The molecule has 1 aliphatic heterocycles. The number of benzene rings is 3. The number of carbonyl (C=O) groups is 3. The van der Waals surface area contributed by atoms with Crippen molar-refractivity contribution < 1.29 is 22.8 Å². The van der Waals surface area contributed by atoms with Gasteiger partial charge in [0.25, 0.3) is 21.8 Å². The smallest absolute Gasteiger partial charge is 0.263 e. The Morgan fingerprint density at radius 3 is 2.21 bits per heavy atom. The third-order valence-electron chi connectivity index (χ3n) is 6.08. The van der Waals surface area contributed by atoms with Crippen LogP contribution in [0.4, 0.5) is 10.8 Å². The van der Waals surface area contributed by atoms with Crippen LogP contribution in [0.3, 0.4) is 0 Å². The average Bonchev–Trinajstić information content (AvgIpc) is 3.36. The van der Waals surface area contributed by atoms with Crippen LogP contribution >= 0.6 is 11.3 Å². The highest BCUT2D eigenvalue weighted by atomic mass is 32.2. The molecule has 0 atom stereocenters. The van der Waals surface area contributed by atoms with Crippen molar-refractivity contribution in [1.82, 2.24) is 15.1 Å². The van der Waals surface area contributed by atoms with Crippen molar-refractivity contribution in [3.8, 4) is 0 Å². The number of nitrogens with one attached hydrogen (secondary N) is 2. The predicted molar refractivity (Wildman–Crippen MR) is 144 cm³/mol. The highest BCUT2D eigenvalue weighted by molar-refractivity contribution is 7.93. The lowest BCUT2D eigenvalue weighted by atomic mass is 9.94. The van der Waals surface area contributed by atoms with Crippen LogP contribution in [0, 0.1) is 0 Å². The molecular formula is C26H23N5O5S2. The molecule has 3 amide bonds. The molecule has 0 aliphatic carbocycles. The van der Waals surface area contributed by atoms with Crippen LogP contribution in [-0.2, 0) is 21.2 Å². The number of rotatable bonds is 9. The van der Waals surface area contributed by atoms with E-state index in [1.165, 1.54) is 29.2 Å². The molecule has 0 saturated carbocycles. The van der Waals surface area contributed by atoms with Crippen LogP contribution in [0.2, 0.25) is 0 Å². The standard InChI is InChI=1S/C26H23N5O5S2/c1-2-22-28-29-26(37-22)30-38(35,36)18-13-11-17(12-14-18)27-21(32)10-5-15-31-24(33)19-8-3-6-16-7-4-9-20(23(16)19)25(31)34/h3-4,6-9,11-14H,2,5,10,15H2,1H3,(H,27,32)(H,29,30). The Hall–Kier alpha value is -4.16. The number of nitrogens with zero attached hydrogens (tertiary/aromatic N) is 3. The maximum Gasteiger partial charge on any atom is 0.263 e. The monoisotopic (exact) mass is 549 g/mol. The highest BCUT2D eigenvalue weighted by Gasteiger charge is 2.32. The zero-order chi connectivity index (χ0) is 26.9. The summed E-state index contributed by atoms with van der Waals surface area (Å²) in [5, 5.41) is 12.8. The molecule has 0 radical (unpaired) electrons. The molecule has 0 bridgehead atoms. The lowest BCUT2D eigenvalue weighted by Gasteiger charge is -2.27. The largest absolute Gasteiger partial charge is 0.326 e. The number of aryl methyl sites for hydroxylation is 1. The van der Waals surface area contributed by atoms with Gasteiger partial charge in [0.2, 0.25) is 11.0 Å². The first-order valence-corrected chi connectivity index (χ1v) is 14.2. The predicted octanol–water partition coefficient (Wildman–Crippen LogP) is 4.07. The molecule has 2 heterocycles. The topological polar surface area (TPSA) is 138 Å². The van der Waals surface area contributed by atoms with E-state index in [1.807, 2.05) is 19.1 Å². The molecule has 0 unspecified atom stereocenters. The minimum atomic E-state index is -3.85. The van der Waals surface area contributed by atoms with E-state index < -0.39 is 10.0 Å². The second kappa shape index (κ2) is 10.3. The fraction of sp³-hybridized carbons (Fsp3) is 0.192. The van der Waals surface area contributed by atoms with Gasteiger partial charge in [-0.3, -0.25) is 24.0 Å². The van der Waals surface area contributed by atoms with Crippen molar-refractivity contribution >= 4 is 60.7 Å². The summed E-state index contributed by atoms with van der Waals surface area (Å²) in [6.45, 7) is 2.00. The Kier molecular flexibility index (Phi) is 6.91. The number of hydrogen-bond acceptors (Lipinski definition) is 8. The first-order chi connectivity index (χ1) is 18.3. The molecule has 12 heteroatoms. The Morgan fingerprint density at radius 1 is 0.947 bits per heavy atom. The van der Waals surface area contributed by atoms with Gasteiger partial charge in [-0.1, -0.05) is 42.5 Å². The number of anilines is 2. The SMILES string of the molecule is CCc1nnc(NS(=O)(=O)c2ccc(NC(=O)CCCN3C(=O)c4cccc5cccc(c45)C3=O)cc2)s1. The molecule has 0 fully saturated rings. The van der Waals surface area contributed by atoms with Crippen LogP contribution in [0.5, 0.6) is 0 Å². The summed E-state index contributed by atoms with van der Waals surface area (Å²) in [7, 11) is -3.85. The first kappa shape index (κ1) is 25.5. The molecule has 4 aromatic rings. The second-order valence-corrected chi connectivity index (χ2v) is 11.4. The summed E-state index contributed by atoms with van der Waals surface area (Å²) in [6.07, 6.45) is 1.00. The van der Waals surface area contributed by atoms with E-state index >= 15 is 0 Å². The number of amides is 3. The number of imide groups is 1. The van der Waals surface area contributed by atoms with Crippen LogP contribution in [0.25, 0.3) is 10.8 Å². The summed E-state index contributed by atoms with van der Waals surface area (Å²) in [6, 6.07) is 16.4. The molecule has 3 aromatic carbocycles. The second-order valence-electron chi connectivity index (χ2n) is 8.61. The summed E-state index contributed by atoms with van der Waals surface area (Å²) in [4.78, 5) is 39.6. The third-order valence-corrected chi connectivity index (χ3v) is 8.55. The van der Waals surface area contributed by atoms with E-state index in [4.69, 9.17) is 0 Å². The van der Waals surface area contributed by atoms with E-state index in [-0.39, 0.29) is 47.1 Å². The van der Waals surface area contributed by atoms with Crippen LogP contribution in [0.1, 0.15) is 45.5 Å². The molecule has 194 valence electrons. The van der Waals surface area contributed by atoms with Gasteiger partial charge in [0.15, 0.2) is 0 Å². The minimum Gasteiger partial charge on any atom is -0.326 e. The van der Waals surface area contributed by atoms with Crippen molar-refractivity contribution in [3.05, 3.63) is 76.8 Å². The van der Waals surface area contributed by atoms with Crippen molar-refractivity contribution in [3.63, 3.8) is 0 Å². The molecule has 0 saturated heterocycles. The molecule has 1 aromatic heterocycles. The van der Waals surface area contributed by atoms with Crippen molar-refractivity contribution in [2.75, 3.05) is 16.6 Å². The highest BCUT2D eigenvalue weighted by Crippen LogP contribution is 2.30. The van der Waals surface area contributed by atoms with Gasteiger partial charge in [-0.05, 0) is 54.6 Å². The fourth-order valence-corrected chi connectivity index (χ4v) is 6.14. The van der Waals surface area contributed by atoms with Gasteiger partial charge in [-0.15, -0.1) is 10.2 Å². The van der Waals surface area contributed by atoms with Gasteiger partial charge < -0.3 is 5.32 Å². The van der Waals surface area contributed by atoms with E-state index in [0.717, 1.165) is 21.7 Å². The molecule has 1 aliphatic rings. The quantitative estimate of drug-likeness (QED) is 0.300. The maximum absolute atomic E-state index is 13.0. The summed E-state index contributed by atoms with van der Waals surface area (Å²) < 4.78 is 27.6. The lowest BCUT2D eigenvalue weighted by Crippen LogP contribution is -2.41. The molecule has 2 N–H and O–H groups in total. The fourth-order valence-electron chi connectivity index (χ4n) is 4.23. The number of carbonyl (C=O) groups excluding carboxylic acids is 3. The van der Waals surface area contributed by atoms with Crippen molar-refractivity contribution in [2.45, 2.75) is 31.1 Å². The van der Waals surface area contributed by atoms with Crippen molar-refractivity contribution in [2.24, 2.45) is 0 Å². The van der Waals surface area contributed by atoms with Crippen LogP contribution in [-0.4, -0.2) is 47.8 Å². The Labute approximate surface area is 222 Å². The molecule has 38 heavy (non-hydrogen) atoms. The Balaban J connectivity index is 1.17. The molecule has 5 rings (SSSR count). The molecular weight excluding hydrogens is 526 g/mol. The summed E-state index contributed by atoms with van der Waals surface area (Å²) >= 11 is 1.16. The number of hydrogen-bond donors (Lipinski definition) is 2. The molecule has 0 spiro atoms. The molecule has 10 nitrogen and oxygen atoms in total. The third kappa shape index (κ3) is 5.00.